The number of carboxylic acid groups (broad SMARTS) is 1. The van der Waals surface area contributed by atoms with Gasteiger partial charge in [-0.1, -0.05) is 0 Å². The van der Waals surface area contributed by atoms with Crippen molar-refractivity contribution in [3.8, 4) is 5.75 Å². The first-order chi connectivity index (χ1) is 9.82. The maximum Gasteiger partial charge on any atom is 0.425 e. The number of hydrogen-bond donors (Lipinski definition) is 2. The summed E-state index contributed by atoms with van der Waals surface area (Å²) >= 11 is 0. The number of ether oxygens (including phenoxy) is 1. The smallest absolute Gasteiger partial charge is 0.425 e. The molecule has 0 radical (unpaired) electrons. The number of aromatic nitrogens is 1. The maximum atomic E-state index is 12.8. The molecule has 0 saturated heterocycles. The molecule has 1 aliphatic rings. The van der Waals surface area contributed by atoms with Crippen molar-refractivity contribution in [2.45, 2.75) is 37.5 Å². The maximum absolute atomic E-state index is 12.8. The van der Waals surface area contributed by atoms with Crippen LogP contribution in [0.1, 0.15) is 41.2 Å². The zero-order valence-corrected chi connectivity index (χ0v) is 10.9. The number of hydrogen-bond acceptors (Lipinski definition) is 4. The molecule has 2 rings (SSSR count). The van der Waals surface area contributed by atoms with Crippen molar-refractivity contribution < 1.29 is 32.9 Å². The Labute approximate surface area is 118 Å². The van der Waals surface area contributed by atoms with E-state index in [1.54, 1.807) is 0 Å². The van der Waals surface area contributed by atoms with E-state index in [1.807, 2.05) is 0 Å². The van der Waals surface area contributed by atoms with Gasteiger partial charge in [-0.05, 0) is 30.4 Å². The highest BCUT2D eigenvalue weighted by atomic mass is 19.4. The van der Waals surface area contributed by atoms with Crippen molar-refractivity contribution in [2.24, 2.45) is 0 Å². The first-order valence-corrected chi connectivity index (χ1v) is 6.40. The van der Waals surface area contributed by atoms with Gasteiger partial charge in [0, 0.05) is 19.2 Å². The predicted octanol–water partition coefficient (Wildman–Crippen LogP) is 2.35. The molecular formula is C13H14F3NO4. The number of carbonyl (C=O) groups is 1. The third-order valence-electron chi connectivity index (χ3n) is 3.15. The Morgan fingerprint density at radius 1 is 1.48 bits per heavy atom. The summed E-state index contributed by atoms with van der Waals surface area (Å²) < 4.78 is 43.2. The van der Waals surface area contributed by atoms with Gasteiger partial charge in [-0.3, -0.25) is 0 Å². The average Bonchev–Trinajstić information content (AvgIpc) is 3.21. The van der Waals surface area contributed by atoms with E-state index >= 15 is 0 Å². The second-order valence-corrected chi connectivity index (χ2v) is 4.86. The van der Waals surface area contributed by atoms with Gasteiger partial charge in [0.25, 0.3) is 0 Å². The van der Waals surface area contributed by atoms with Crippen LogP contribution in [0.4, 0.5) is 13.2 Å². The van der Waals surface area contributed by atoms with Crippen LogP contribution in [0, 0.1) is 0 Å². The van der Waals surface area contributed by atoms with E-state index in [1.165, 1.54) is 12.3 Å². The van der Waals surface area contributed by atoms with Crippen molar-refractivity contribution in [2.75, 3.05) is 6.61 Å². The van der Waals surface area contributed by atoms with Gasteiger partial charge in [-0.25, -0.2) is 9.78 Å². The van der Waals surface area contributed by atoms with Gasteiger partial charge in [0.1, 0.15) is 0 Å². The van der Waals surface area contributed by atoms with Gasteiger partial charge >= 0.3 is 12.1 Å². The number of rotatable bonds is 6. The van der Waals surface area contributed by atoms with Gasteiger partial charge in [0.15, 0.2) is 17.5 Å². The fraction of sp³-hybridized carbons (Fsp3) is 0.538. The minimum atomic E-state index is -4.70. The molecule has 0 spiro atoms. The van der Waals surface area contributed by atoms with Gasteiger partial charge in [0.2, 0.25) is 0 Å². The first kappa shape index (κ1) is 15.6. The lowest BCUT2D eigenvalue weighted by molar-refractivity contribution is -0.198. The molecule has 0 aromatic carbocycles. The van der Waals surface area contributed by atoms with Crippen LogP contribution in [-0.2, 0) is 0 Å². The SMILES string of the molecule is O=C(O)c1ncc(C2CC2)cc1O[C@@H](CCO)C(F)(F)F. The van der Waals surface area contributed by atoms with Crippen LogP contribution in [-0.4, -0.2) is 40.1 Å². The summed E-state index contributed by atoms with van der Waals surface area (Å²) in [4.78, 5) is 14.7. The topological polar surface area (TPSA) is 79.7 Å². The molecule has 1 fully saturated rings. The van der Waals surface area contributed by atoms with Gasteiger partial charge < -0.3 is 14.9 Å². The number of aromatic carboxylic acids is 1. The van der Waals surface area contributed by atoms with E-state index in [0.29, 0.717) is 5.56 Å². The molecule has 0 unspecified atom stereocenters. The molecule has 2 N–H and O–H groups in total. The van der Waals surface area contributed by atoms with Crippen LogP contribution in [0.3, 0.4) is 0 Å². The molecule has 21 heavy (non-hydrogen) atoms. The van der Waals surface area contributed by atoms with Crippen LogP contribution < -0.4 is 4.74 Å². The van der Waals surface area contributed by atoms with Crippen LogP contribution in [0.5, 0.6) is 5.75 Å². The van der Waals surface area contributed by atoms with Gasteiger partial charge in [-0.2, -0.15) is 13.2 Å². The lowest BCUT2D eigenvalue weighted by atomic mass is 10.1. The van der Waals surface area contributed by atoms with Crippen molar-refractivity contribution in [3.63, 3.8) is 0 Å². The third kappa shape index (κ3) is 3.84. The molecule has 1 aliphatic carbocycles. The Balaban J connectivity index is 2.30. The number of aliphatic hydroxyl groups excluding tert-OH is 1. The minimum Gasteiger partial charge on any atom is -0.478 e. The summed E-state index contributed by atoms with van der Waals surface area (Å²) in [7, 11) is 0. The van der Waals surface area contributed by atoms with Gasteiger partial charge in [-0.15, -0.1) is 0 Å². The van der Waals surface area contributed by atoms with E-state index in [0.717, 1.165) is 12.8 Å². The van der Waals surface area contributed by atoms with Crippen molar-refractivity contribution in [1.29, 1.82) is 0 Å². The predicted molar refractivity (Wildman–Crippen MR) is 65.3 cm³/mol. The Bertz CT molecular complexity index is 529. The largest absolute Gasteiger partial charge is 0.478 e. The Kier molecular flexibility index (Phi) is 4.36. The molecule has 116 valence electrons. The molecule has 1 aromatic heterocycles. The quantitative estimate of drug-likeness (QED) is 0.843. The normalized spacial score (nSPS) is 16.6. The second kappa shape index (κ2) is 5.88. The van der Waals surface area contributed by atoms with E-state index < -0.39 is 42.7 Å². The molecule has 1 saturated carbocycles. The van der Waals surface area contributed by atoms with E-state index in [9.17, 15) is 18.0 Å². The summed E-state index contributed by atoms with van der Waals surface area (Å²) in [5.41, 5.74) is 0.103. The molecule has 5 nitrogen and oxygen atoms in total. The average molecular weight is 305 g/mol. The zero-order valence-electron chi connectivity index (χ0n) is 10.9. The van der Waals surface area contributed by atoms with Crippen molar-refractivity contribution >= 4 is 5.97 Å². The molecule has 1 heterocycles. The Morgan fingerprint density at radius 2 is 2.14 bits per heavy atom. The summed E-state index contributed by atoms with van der Waals surface area (Å²) in [6, 6.07) is 1.30. The summed E-state index contributed by atoms with van der Waals surface area (Å²) in [6.45, 7) is -0.720. The van der Waals surface area contributed by atoms with Gasteiger partial charge in [0.05, 0.1) is 0 Å². The van der Waals surface area contributed by atoms with Crippen molar-refractivity contribution in [1.82, 2.24) is 4.98 Å². The highest BCUT2D eigenvalue weighted by Crippen LogP contribution is 2.41. The third-order valence-corrected chi connectivity index (χ3v) is 3.15. The van der Waals surface area contributed by atoms with E-state index in [4.69, 9.17) is 14.9 Å². The van der Waals surface area contributed by atoms with E-state index in [2.05, 4.69) is 4.98 Å². The Hall–Kier alpha value is -1.83. The molecule has 0 amide bonds. The number of carboxylic acids is 1. The molecule has 1 aromatic rings. The number of nitrogens with zero attached hydrogens (tertiary/aromatic N) is 1. The van der Waals surface area contributed by atoms with Crippen LogP contribution >= 0.6 is 0 Å². The Morgan fingerprint density at radius 3 is 2.62 bits per heavy atom. The highest BCUT2D eigenvalue weighted by molar-refractivity contribution is 5.88. The minimum absolute atomic E-state index is 0.199. The number of alkyl halides is 3. The summed E-state index contributed by atoms with van der Waals surface area (Å²) in [5.74, 6) is -1.68. The lowest BCUT2D eigenvalue weighted by Gasteiger charge is -2.22. The number of aliphatic hydroxyl groups is 1. The van der Waals surface area contributed by atoms with Crippen LogP contribution in [0.2, 0.25) is 0 Å². The second-order valence-electron chi connectivity index (χ2n) is 4.86. The monoisotopic (exact) mass is 305 g/mol. The summed E-state index contributed by atoms with van der Waals surface area (Å²) in [6.07, 6.45) is -4.50. The number of pyridine rings is 1. The number of halogens is 3. The molecule has 0 aliphatic heterocycles. The first-order valence-electron chi connectivity index (χ1n) is 6.40. The molecule has 1 atom stereocenters. The highest BCUT2D eigenvalue weighted by Gasteiger charge is 2.42. The van der Waals surface area contributed by atoms with Crippen LogP contribution in [0.15, 0.2) is 12.3 Å². The fourth-order valence-electron chi connectivity index (χ4n) is 1.91. The molecule has 0 bridgehead atoms. The summed E-state index contributed by atoms with van der Waals surface area (Å²) in [5, 5.41) is 17.7. The van der Waals surface area contributed by atoms with Crippen LogP contribution in [0.25, 0.3) is 0 Å². The fourth-order valence-corrected chi connectivity index (χ4v) is 1.91. The van der Waals surface area contributed by atoms with E-state index in [-0.39, 0.29) is 5.92 Å². The standard InChI is InChI=1S/C13H14F3NO4/c14-13(15,16)10(3-4-18)21-9-5-8(7-1-2-7)6-17-11(9)12(19)20/h5-7,10,18H,1-4H2,(H,19,20)/t10-/m0/s1. The lowest BCUT2D eigenvalue weighted by Crippen LogP contribution is -2.35. The molecule has 8 heteroatoms. The zero-order chi connectivity index (χ0) is 15.6. The molecular weight excluding hydrogens is 291 g/mol. The van der Waals surface area contributed by atoms with Crippen molar-refractivity contribution in [3.05, 3.63) is 23.5 Å².